The third-order valence-corrected chi connectivity index (χ3v) is 4.77. The second-order valence-electron chi connectivity index (χ2n) is 6.68. The van der Waals surface area contributed by atoms with Crippen molar-refractivity contribution in [2.45, 2.75) is 39.7 Å². The normalized spacial score (nSPS) is 19.2. The minimum atomic E-state index is -0.504. The molecule has 0 aromatic carbocycles. The molecule has 0 aliphatic carbocycles. The van der Waals surface area contributed by atoms with Crippen molar-refractivity contribution in [3.05, 3.63) is 22.9 Å². The molecule has 1 aliphatic heterocycles. The van der Waals surface area contributed by atoms with E-state index in [1.54, 1.807) is 6.07 Å². The third-order valence-electron chi connectivity index (χ3n) is 4.77. The number of methoxy groups -OCH3 is 1. The molecule has 2 heterocycles. The molecule has 0 spiro atoms. The molecule has 2 atom stereocenters. The topological polar surface area (TPSA) is 97.6 Å². The lowest BCUT2D eigenvalue weighted by molar-refractivity contribution is -0.134. The number of carbonyl (C=O) groups excluding carboxylic acids is 2. The highest BCUT2D eigenvalue weighted by Crippen LogP contribution is 2.26. The quantitative estimate of drug-likeness (QED) is 0.748. The first-order chi connectivity index (χ1) is 11.9. The molecule has 2 amide bonds. The molecular weight excluding hydrogens is 356 g/mol. The van der Waals surface area contributed by atoms with E-state index in [1.165, 1.54) is 7.11 Å². The van der Waals surface area contributed by atoms with Gasteiger partial charge in [0.15, 0.2) is 0 Å². The monoisotopic (exact) mass is 384 g/mol. The Labute approximate surface area is 161 Å². The summed E-state index contributed by atoms with van der Waals surface area (Å²) in [5.41, 5.74) is 7.68. The van der Waals surface area contributed by atoms with Crippen molar-refractivity contribution in [3.8, 4) is 0 Å². The van der Waals surface area contributed by atoms with Crippen LogP contribution < -0.4 is 11.1 Å². The number of likely N-dealkylation sites (tertiary alicyclic amines) is 1. The van der Waals surface area contributed by atoms with E-state index in [4.69, 9.17) is 10.5 Å². The fourth-order valence-electron chi connectivity index (χ4n) is 3.30. The van der Waals surface area contributed by atoms with Gasteiger partial charge in [0.1, 0.15) is 12.4 Å². The smallest absolute Gasteiger partial charge is 0.252 e. The second-order valence-corrected chi connectivity index (χ2v) is 6.68. The molecule has 2 rings (SSSR count). The van der Waals surface area contributed by atoms with Crippen molar-refractivity contribution in [3.63, 3.8) is 0 Å². The number of primary amides is 1. The highest BCUT2D eigenvalue weighted by Gasteiger charge is 2.35. The summed E-state index contributed by atoms with van der Waals surface area (Å²) < 4.78 is 4.96. The lowest BCUT2D eigenvalue weighted by atomic mass is 9.98. The number of rotatable bonds is 7. The number of aromatic nitrogens is 1. The number of aryl methyl sites for hydroxylation is 2. The number of ether oxygens (including phenoxy) is 1. The number of hydrogen-bond donors (Lipinski definition) is 2. The zero-order valence-corrected chi connectivity index (χ0v) is 16.7. The number of nitrogens with two attached hydrogens (primary N) is 1. The number of nitrogens with zero attached hydrogens (tertiary/aromatic N) is 2. The van der Waals surface area contributed by atoms with E-state index in [0.717, 1.165) is 24.1 Å². The highest BCUT2D eigenvalue weighted by atomic mass is 35.5. The highest BCUT2D eigenvalue weighted by molar-refractivity contribution is 5.97. The fourth-order valence-corrected chi connectivity index (χ4v) is 3.30. The van der Waals surface area contributed by atoms with Crippen molar-refractivity contribution in [1.29, 1.82) is 0 Å². The van der Waals surface area contributed by atoms with Crippen LogP contribution in [0, 0.1) is 19.8 Å². The Balaban J connectivity index is 0.00000338. The van der Waals surface area contributed by atoms with Crippen LogP contribution >= 0.6 is 12.4 Å². The largest absolute Gasteiger partial charge is 0.375 e. The minimum Gasteiger partial charge on any atom is -0.375 e. The van der Waals surface area contributed by atoms with Crippen LogP contribution in [0.25, 0.3) is 0 Å². The maximum atomic E-state index is 12.2. The van der Waals surface area contributed by atoms with E-state index in [0.29, 0.717) is 30.4 Å². The predicted molar refractivity (Wildman–Crippen MR) is 104 cm³/mol. The van der Waals surface area contributed by atoms with E-state index in [-0.39, 0.29) is 31.0 Å². The summed E-state index contributed by atoms with van der Waals surface area (Å²) in [5.74, 6) is 0.282. The molecule has 8 heteroatoms. The van der Waals surface area contributed by atoms with Crippen molar-refractivity contribution in [2.75, 3.05) is 32.1 Å². The van der Waals surface area contributed by atoms with Gasteiger partial charge in [0, 0.05) is 31.9 Å². The number of amides is 2. The minimum absolute atomic E-state index is 0. The number of nitrogens with one attached hydrogen (secondary N) is 1. The standard InChI is InChI=1S/C18H28N4O3.ClH/c1-5-6-13-8-22(16(23)10-25-4)9-15(13)21-18-14(17(19)24)7-11(2)12(3)20-18;/h7,13,15H,5-6,8-10H2,1-4H3,(H2,19,24)(H,20,21);1H/t13-,15-;/m0./s1. The van der Waals surface area contributed by atoms with Gasteiger partial charge in [0.05, 0.1) is 5.56 Å². The predicted octanol–water partition coefficient (Wildman–Crippen LogP) is 1.90. The number of pyridine rings is 1. The summed E-state index contributed by atoms with van der Waals surface area (Å²) in [6.45, 7) is 7.26. The molecule has 7 nitrogen and oxygen atoms in total. The van der Waals surface area contributed by atoms with E-state index in [1.807, 2.05) is 18.7 Å². The third kappa shape index (κ3) is 5.08. The lowest BCUT2D eigenvalue weighted by Crippen LogP contribution is -2.34. The number of halogens is 1. The molecule has 1 aliphatic rings. The van der Waals surface area contributed by atoms with E-state index >= 15 is 0 Å². The molecule has 1 fully saturated rings. The maximum Gasteiger partial charge on any atom is 0.252 e. The first-order valence-corrected chi connectivity index (χ1v) is 8.68. The van der Waals surface area contributed by atoms with Crippen molar-refractivity contribution in [2.24, 2.45) is 11.7 Å². The summed E-state index contributed by atoms with van der Waals surface area (Å²) in [4.78, 5) is 30.3. The van der Waals surface area contributed by atoms with Crippen molar-refractivity contribution in [1.82, 2.24) is 9.88 Å². The van der Waals surface area contributed by atoms with Gasteiger partial charge in [-0.25, -0.2) is 4.98 Å². The summed E-state index contributed by atoms with van der Waals surface area (Å²) in [6, 6.07) is 1.80. The SMILES string of the molecule is CCC[C@H]1CN(C(=O)COC)C[C@@H]1Nc1nc(C)c(C)cc1C(N)=O.Cl. The van der Waals surface area contributed by atoms with Crippen LogP contribution in [-0.4, -0.2) is 54.5 Å². The molecule has 0 saturated carbocycles. The summed E-state index contributed by atoms with van der Waals surface area (Å²) in [5, 5.41) is 3.37. The molecule has 26 heavy (non-hydrogen) atoms. The van der Waals surface area contributed by atoms with Crippen molar-refractivity contribution >= 4 is 30.0 Å². The number of carbonyl (C=O) groups is 2. The average molecular weight is 385 g/mol. The maximum absolute atomic E-state index is 12.2. The molecule has 0 radical (unpaired) electrons. The van der Waals surface area contributed by atoms with Crippen LogP contribution in [0.4, 0.5) is 5.82 Å². The van der Waals surface area contributed by atoms with Crippen LogP contribution in [0.1, 0.15) is 41.4 Å². The van der Waals surface area contributed by atoms with E-state index in [9.17, 15) is 9.59 Å². The first kappa shape index (κ1) is 22.2. The Kier molecular flexibility index (Phi) is 8.30. The van der Waals surface area contributed by atoms with E-state index < -0.39 is 5.91 Å². The number of hydrogen-bond acceptors (Lipinski definition) is 5. The molecule has 3 N–H and O–H groups in total. The van der Waals surface area contributed by atoms with Crippen LogP contribution in [-0.2, 0) is 9.53 Å². The van der Waals surface area contributed by atoms with Gasteiger partial charge < -0.3 is 20.7 Å². The van der Waals surface area contributed by atoms with Crippen LogP contribution in [0.15, 0.2) is 6.07 Å². The number of anilines is 1. The first-order valence-electron chi connectivity index (χ1n) is 8.68. The van der Waals surface area contributed by atoms with Gasteiger partial charge >= 0.3 is 0 Å². The van der Waals surface area contributed by atoms with Gasteiger partial charge in [0.2, 0.25) is 5.91 Å². The molecule has 0 unspecified atom stereocenters. The van der Waals surface area contributed by atoms with Gasteiger partial charge in [-0.3, -0.25) is 9.59 Å². The van der Waals surface area contributed by atoms with Crippen molar-refractivity contribution < 1.29 is 14.3 Å². The van der Waals surface area contributed by atoms with Gasteiger partial charge in [-0.2, -0.15) is 0 Å². The van der Waals surface area contributed by atoms with Gasteiger partial charge in [-0.15, -0.1) is 12.4 Å². The van der Waals surface area contributed by atoms with Gasteiger partial charge in [-0.05, 0) is 37.8 Å². The van der Waals surface area contributed by atoms with Gasteiger partial charge in [-0.1, -0.05) is 13.3 Å². The Morgan fingerprint density at radius 3 is 2.65 bits per heavy atom. The lowest BCUT2D eigenvalue weighted by Gasteiger charge is -2.21. The molecule has 146 valence electrons. The average Bonchev–Trinajstić information content (AvgIpc) is 2.94. The Morgan fingerprint density at radius 2 is 2.08 bits per heavy atom. The molecule has 1 aromatic heterocycles. The molecular formula is C18H29ClN4O3. The van der Waals surface area contributed by atoms with Crippen LogP contribution in [0.2, 0.25) is 0 Å². The van der Waals surface area contributed by atoms with Crippen LogP contribution in [0.5, 0.6) is 0 Å². The summed E-state index contributed by atoms with van der Waals surface area (Å²) >= 11 is 0. The zero-order chi connectivity index (χ0) is 18.6. The Morgan fingerprint density at radius 1 is 1.38 bits per heavy atom. The van der Waals surface area contributed by atoms with E-state index in [2.05, 4.69) is 17.2 Å². The zero-order valence-electron chi connectivity index (χ0n) is 15.9. The van der Waals surface area contributed by atoms with Crippen LogP contribution in [0.3, 0.4) is 0 Å². The van der Waals surface area contributed by atoms with Gasteiger partial charge in [0.25, 0.3) is 5.91 Å². The summed E-state index contributed by atoms with van der Waals surface area (Å²) in [6.07, 6.45) is 2.02. The second kappa shape index (κ2) is 9.73. The fraction of sp³-hybridized carbons (Fsp3) is 0.611. The summed E-state index contributed by atoms with van der Waals surface area (Å²) in [7, 11) is 1.52. The Bertz CT molecular complexity index is 654. The Hall–Kier alpha value is -1.86. The molecule has 1 aromatic rings. The molecule has 0 bridgehead atoms. The molecule has 1 saturated heterocycles.